The van der Waals surface area contributed by atoms with E-state index in [0.717, 1.165) is 46.9 Å². The van der Waals surface area contributed by atoms with Crippen LogP contribution in [0.4, 0.5) is 11.4 Å². The maximum Gasteiger partial charge on any atom is 0.247 e. The van der Waals surface area contributed by atoms with E-state index in [1.165, 1.54) is 38.5 Å². The van der Waals surface area contributed by atoms with Gasteiger partial charge in [-0.2, -0.15) is 23.5 Å². The van der Waals surface area contributed by atoms with Crippen molar-refractivity contribution in [2.75, 3.05) is 33.2 Å². The summed E-state index contributed by atoms with van der Waals surface area (Å²) in [6.45, 7) is 31.0. The van der Waals surface area contributed by atoms with Gasteiger partial charge in [-0.3, -0.25) is 14.4 Å². The molecule has 1 aromatic carbocycles. The van der Waals surface area contributed by atoms with Gasteiger partial charge in [-0.25, -0.2) is 4.99 Å². The number of thioether (sulfide) groups is 2. The number of hydrogen-bond acceptors (Lipinski definition) is 8. The van der Waals surface area contributed by atoms with Gasteiger partial charge in [-0.1, -0.05) is 93.9 Å². The zero-order valence-electron chi connectivity index (χ0n) is 42.0. The number of fused-ring (bicyclic) bond motifs is 2. The van der Waals surface area contributed by atoms with Crippen LogP contribution in [-0.2, 0) is 19.8 Å². The Kier molecular flexibility index (Phi) is 17.8. The average molecular weight is 915 g/mol. The number of nitrogens with zero attached hydrogens (tertiary/aromatic N) is 3. The number of anilines is 2. The van der Waals surface area contributed by atoms with Crippen LogP contribution >= 0.6 is 23.5 Å². The van der Waals surface area contributed by atoms with E-state index in [4.69, 9.17) is 4.99 Å². The first-order chi connectivity index (χ1) is 30.3. The normalized spacial score (nSPS) is 22.8. The maximum absolute atomic E-state index is 14.9. The Morgan fingerprint density at radius 1 is 0.797 bits per heavy atom. The van der Waals surface area contributed by atoms with Crippen molar-refractivity contribution in [2.45, 2.75) is 191 Å². The number of ketones is 1. The number of rotatable bonds is 22. The first kappa shape index (κ1) is 51.7. The van der Waals surface area contributed by atoms with E-state index in [0.29, 0.717) is 58.7 Å². The molecule has 1 saturated heterocycles. The third-order valence-corrected chi connectivity index (χ3v) is 17.3. The molecule has 4 unspecified atom stereocenters. The lowest BCUT2D eigenvalue weighted by Crippen LogP contribution is -2.42. The Morgan fingerprint density at radius 2 is 1.36 bits per heavy atom. The third kappa shape index (κ3) is 10.8. The summed E-state index contributed by atoms with van der Waals surface area (Å²) < 4.78 is 0. The molecule has 2 aliphatic carbocycles. The van der Waals surface area contributed by atoms with Crippen LogP contribution in [0.3, 0.4) is 0 Å². The minimum absolute atomic E-state index is 0.110. The second kappa shape index (κ2) is 22.0. The van der Waals surface area contributed by atoms with Gasteiger partial charge in [0.2, 0.25) is 17.6 Å². The highest BCUT2D eigenvalue weighted by Crippen LogP contribution is 2.53. The number of aliphatic imine (C=N–C) groups is 1. The molecule has 2 N–H and O–H groups in total. The van der Waals surface area contributed by atoms with Crippen molar-refractivity contribution in [3.05, 3.63) is 63.6 Å². The summed E-state index contributed by atoms with van der Waals surface area (Å²) in [7, 11) is 0. The summed E-state index contributed by atoms with van der Waals surface area (Å²) >= 11 is 3.66. The van der Waals surface area contributed by atoms with Crippen LogP contribution in [0.1, 0.15) is 172 Å². The average Bonchev–Trinajstić information content (AvgIpc) is 3.56. The van der Waals surface area contributed by atoms with Gasteiger partial charge >= 0.3 is 0 Å². The summed E-state index contributed by atoms with van der Waals surface area (Å²) in [5, 5.41) is 15.5. The van der Waals surface area contributed by atoms with Gasteiger partial charge in [0.1, 0.15) is 5.76 Å². The standard InChI is InChI=1S/C54H82N4O4S2/c1-15-19-21-37(17-3)31-63-25-23-47(59)55-43-29-45-41(53(11,12)35(9)57(45)33(5)6)27-39(43)49-51(61)50(52(49)62)40-28-42-46(58(34(7)8)36(10)54(42,13)14)30-44(40)56-48(60)24-26-64-32-38(18-4)22-20-16-2/h27-30,33-38,61H,15-26,31-32H2,1-14H3,(H,55,59). The zero-order valence-corrected chi connectivity index (χ0v) is 43.6. The fraction of sp³-hybridized carbons (Fsp3) is 0.667. The molecule has 354 valence electrons. The molecule has 2 aliphatic heterocycles. The Hall–Kier alpha value is -3.24. The number of carbonyl (C=O) groups is 3. The molecule has 0 saturated carbocycles. The number of benzene rings is 1. The fourth-order valence-electron chi connectivity index (χ4n) is 10.2. The van der Waals surface area contributed by atoms with Gasteiger partial charge in [-0.15, -0.1) is 0 Å². The predicted octanol–water partition coefficient (Wildman–Crippen LogP) is 13.3. The number of aliphatic hydroxyl groups excluding tert-OH is 1. The van der Waals surface area contributed by atoms with Crippen LogP contribution in [0.15, 0.2) is 57.5 Å². The van der Waals surface area contributed by atoms with Gasteiger partial charge in [0.15, 0.2) is 0 Å². The number of amides is 2. The van der Waals surface area contributed by atoms with Gasteiger partial charge < -0.3 is 20.2 Å². The largest absolute Gasteiger partial charge is 0.506 e. The third-order valence-electron chi connectivity index (χ3n) is 14.9. The quantitative estimate of drug-likeness (QED) is 0.0876. The molecule has 64 heavy (non-hydrogen) atoms. The molecule has 2 heterocycles. The van der Waals surface area contributed by atoms with Crippen molar-refractivity contribution in [3.63, 3.8) is 0 Å². The van der Waals surface area contributed by atoms with Crippen LogP contribution in [0, 0.1) is 17.3 Å². The van der Waals surface area contributed by atoms with E-state index in [1.807, 2.05) is 47.8 Å². The van der Waals surface area contributed by atoms with E-state index in [1.54, 1.807) is 0 Å². The summed E-state index contributed by atoms with van der Waals surface area (Å²) in [5.74, 6) is 4.01. The number of aliphatic hydroxyl groups is 1. The molecular weight excluding hydrogens is 833 g/mol. The smallest absolute Gasteiger partial charge is 0.247 e. The molecule has 5 rings (SSSR count). The molecule has 2 amide bonds. The first-order valence-corrected chi connectivity index (χ1v) is 27.1. The summed E-state index contributed by atoms with van der Waals surface area (Å²) in [5.41, 5.74) is 5.96. The molecule has 4 aliphatic rings. The lowest BCUT2D eigenvalue weighted by Gasteiger charge is -2.34. The second-order valence-electron chi connectivity index (χ2n) is 20.6. The van der Waals surface area contributed by atoms with E-state index in [2.05, 4.69) is 112 Å². The van der Waals surface area contributed by atoms with E-state index >= 15 is 0 Å². The summed E-state index contributed by atoms with van der Waals surface area (Å²) in [6, 6.07) is 4.77. The monoisotopic (exact) mass is 915 g/mol. The zero-order chi connectivity index (χ0) is 47.3. The number of allylic oxidation sites excluding steroid dienone is 6. The number of likely N-dealkylation sites (tertiary alicyclic amines) is 1. The van der Waals surface area contributed by atoms with Crippen LogP contribution in [-0.4, -0.2) is 80.5 Å². The van der Waals surface area contributed by atoms with E-state index in [-0.39, 0.29) is 69.5 Å². The molecule has 0 aromatic heterocycles. The van der Waals surface area contributed by atoms with Crippen LogP contribution < -0.4 is 10.2 Å². The molecule has 1 fully saturated rings. The van der Waals surface area contributed by atoms with Crippen LogP contribution in [0.25, 0.3) is 5.57 Å². The number of unbranched alkanes of at least 4 members (excludes halogenated alkanes) is 2. The Bertz CT molecular complexity index is 2060. The van der Waals surface area contributed by atoms with Gasteiger partial charge in [0.05, 0.1) is 22.5 Å². The van der Waals surface area contributed by atoms with E-state index < -0.39 is 0 Å². The van der Waals surface area contributed by atoms with Gasteiger partial charge in [0, 0.05) is 81.9 Å². The van der Waals surface area contributed by atoms with Crippen molar-refractivity contribution >= 4 is 63.8 Å². The number of hydrogen-bond donors (Lipinski definition) is 2. The highest BCUT2D eigenvalue weighted by Gasteiger charge is 2.49. The van der Waals surface area contributed by atoms with Crippen LogP contribution in [0.2, 0.25) is 0 Å². The summed E-state index contributed by atoms with van der Waals surface area (Å²) in [4.78, 5) is 51.9. The molecule has 0 spiro atoms. The minimum Gasteiger partial charge on any atom is -0.506 e. The van der Waals surface area contributed by atoms with E-state index in [9.17, 15) is 19.5 Å². The topological polar surface area (TPSA) is 102 Å². The maximum atomic E-state index is 14.9. The SMILES string of the molecule is CCCCC(CC)CSCCC(=O)N=C1C=C2C(=CC1=C1C(=O)C(c3cc4c(cc3NC(=O)CCSCC(CC)CCCC)N(C(C)C)C(C)C4(C)C)=C1O)C(C)(C)C(C)N2C(C)C. The molecule has 8 nitrogen and oxygen atoms in total. The molecule has 10 heteroatoms. The first-order valence-electron chi connectivity index (χ1n) is 24.8. The van der Waals surface area contributed by atoms with Crippen molar-refractivity contribution in [3.8, 4) is 0 Å². The Balaban J connectivity index is 1.56. The van der Waals surface area contributed by atoms with Crippen molar-refractivity contribution in [2.24, 2.45) is 22.2 Å². The molecule has 0 radical (unpaired) electrons. The molecule has 1 aromatic rings. The van der Waals surface area contributed by atoms with Crippen molar-refractivity contribution in [1.82, 2.24) is 4.90 Å². The summed E-state index contributed by atoms with van der Waals surface area (Å²) in [6.07, 6.45) is 14.2. The Labute approximate surface area is 396 Å². The number of nitrogens with one attached hydrogen (secondary N) is 1. The molecule has 0 bridgehead atoms. The fourth-order valence-corrected chi connectivity index (χ4v) is 12.6. The minimum atomic E-state index is -0.313. The van der Waals surface area contributed by atoms with Gasteiger partial charge in [-0.05, 0) is 113 Å². The predicted molar refractivity (Wildman–Crippen MR) is 276 cm³/mol. The van der Waals surface area contributed by atoms with Crippen molar-refractivity contribution in [1.29, 1.82) is 0 Å². The highest BCUT2D eigenvalue weighted by atomic mass is 32.2. The number of carbonyl (C=O) groups excluding carboxylic acids is 3. The van der Waals surface area contributed by atoms with Crippen molar-refractivity contribution < 1.29 is 19.5 Å². The second-order valence-corrected chi connectivity index (χ2v) is 22.9. The lowest BCUT2D eigenvalue weighted by atomic mass is 9.73. The molecule has 4 atom stereocenters. The Morgan fingerprint density at radius 3 is 1.89 bits per heavy atom. The van der Waals surface area contributed by atoms with Crippen LogP contribution in [0.5, 0.6) is 0 Å². The lowest BCUT2D eigenvalue weighted by molar-refractivity contribution is -0.117. The highest BCUT2D eigenvalue weighted by molar-refractivity contribution is 7.99. The van der Waals surface area contributed by atoms with Gasteiger partial charge in [0.25, 0.3) is 0 Å². The number of Topliss-reactive ketones (excluding diaryl/α,β-unsaturated/α-hetero) is 1. The molecular formula is C54H82N4O4S2.